The van der Waals surface area contributed by atoms with Gasteiger partial charge < -0.3 is 10.2 Å². The van der Waals surface area contributed by atoms with Crippen molar-refractivity contribution in [3.05, 3.63) is 64.9 Å². The van der Waals surface area contributed by atoms with Crippen LogP contribution in [0.1, 0.15) is 5.82 Å². The van der Waals surface area contributed by atoms with Crippen LogP contribution in [0.3, 0.4) is 0 Å². The fourth-order valence-corrected chi connectivity index (χ4v) is 3.37. The number of tetrazole rings is 1. The third-order valence-corrected chi connectivity index (χ3v) is 5.15. The van der Waals surface area contributed by atoms with E-state index < -0.39 is 11.6 Å². The number of carbonyl (C=O) groups is 1. The van der Waals surface area contributed by atoms with E-state index in [1.165, 1.54) is 10.7 Å². The van der Waals surface area contributed by atoms with Crippen molar-refractivity contribution in [3.63, 3.8) is 0 Å². The summed E-state index contributed by atoms with van der Waals surface area (Å²) in [6.07, 6.45) is 0. The van der Waals surface area contributed by atoms with Gasteiger partial charge in [0.15, 0.2) is 17.5 Å². The van der Waals surface area contributed by atoms with Crippen LogP contribution >= 0.6 is 11.6 Å². The highest BCUT2D eigenvalue weighted by atomic mass is 35.5. The van der Waals surface area contributed by atoms with Crippen molar-refractivity contribution >= 4 is 23.3 Å². The Bertz CT molecular complexity index is 1050. The van der Waals surface area contributed by atoms with Gasteiger partial charge in [-0.05, 0) is 34.7 Å². The van der Waals surface area contributed by atoms with E-state index in [1.807, 2.05) is 0 Å². The minimum absolute atomic E-state index is 0.214. The van der Waals surface area contributed by atoms with Crippen LogP contribution in [0, 0.1) is 11.6 Å². The molecule has 8 nitrogen and oxygen atoms in total. The first-order chi connectivity index (χ1) is 14.5. The fourth-order valence-electron chi connectivity index (χ4n) is 3.19. The van der Waals surface area contributed by atoms with Crippen molar-refractivity contribution < 1.29 is 13.6 Å². The van der Waals surface area contributed by atoms with Gasteiger partial charge in [0.2, 0.25) is 0 Å². The topological polar surface area (TPSA) is 79.2 Å². The normalized spacial score (nSPS) is 14.7. The molecule has 0 aliphatic carbocycles. The number of aromatic nitrogens is 4. The second-order valence-corrected chi connectivity index (χ2v) is 7.19. The molecule has 0 atom stereocenters. The quantitative estimate of drug-likeness (QED) is 0.684. The van der Waals surface area contributed by atoms with Crippen LogP contribution in [0.25, 0.3) is 5.69 Å². The fraction of sp³-hybridized carbons (Fsp3) is 0.263. The van der Waals surface area contributed by atoms with Crippen LogP contribution in [0.4, 0.5) is 19.3 Å². The summed E-state index contributed by atoms with van der Waals surface area (Å²) in [5.41, 5.74) is 0.906. The number of urea groups is 1. The molecule has 0 saturated carbocycles. The van der Waals surface area contributed by atoms with Gasteiger partial charge in [0.05, 0.1) is 22.9 Å². The first kappa shape index (κ1) is 20.2. The van der Waals surface area contributed by atoms with Gasteiger partial charge in [0, 0.05) is 32.2 Å². The molecule has 1 aliphatic rings. The Morgan fingerprint density at radius 3 is 2.57 bits per heavy atom. The zero-order valence-corrected chi connectivity index (χ0v) is 16.6. The maximum absolute atomic E-state index is 13.5. The van der Waals surface area contributed by atoms with Gasteiger partial charge in [-0.2, -0.15) is 4.68 Å². The average molecular weight is 434 g/mol. The van der Waals surface area contributed by atoms with Crippen LogP contribution in [0.15, 0.2) is 42.5 Å². The Hall–Kier alpha value is -3.11. The molecule has 0 unspecified atom stereocenters. The summed E-state index contributed by atoms with van der Waals surface area (Å²) in [6, 6.07) is 10.3. The van der Waals surface area contributed by atoms with Crippen molar-refractivity contribution in [1.82, 2.24) is 30.0 Å². The lowest BCUT2D eigenvalue weighted by molar-refractivity contribution is 0.140. The van der Waals surface area contributed by atoms with Crippen molar-refractivity contribution in [3.8, 4) is 5.69 Å². The van der Waals surface area contributed by atoms with Crippen LogP contribution in [0.5, 0.6) is 0 Å². The summed E-state index contributed by atoms with van der Waals surface area (Å²) in [5, 5.41) is 14.8. The first-order valence-corrected chi connectivity index (χ1v) is 9.64. The third-order valence-electron chi connectivity index (χ3n) is 4.82. The van der Waals surface area contributed by atoms with Gasteiger partial charge >= 0.3 is 6.03 Å². The highest BCUT2D eigenvalue weighted by molar-refractivity contribution is 6.33. The molecule has 3 aromatic rings. The number of para-hydroxylation sites is 1. The maximum Gasteiger partial charge on any atom is 0.321 e. The predicted octanol–water partition coefficient (Wildman–Crippen LogP) is 2.94. The van der Waals surface area contributed by atoms with Crippen LogP contribution in [-0.4, -0.2) is 62.2 Å². The molecule has 1 aliphatic heterocycles. The minimum Gasteiger partial charge on any atom is -0.322 e. The van der Waals surface area contributed by atoms with E-state index in [-0.39, 0.29) is 6.03 Å². The van der Waals surface area contributed by atoms with E-state index in [1.54, 1.807) is 29.2 Å². The molecular weight excluding hydrogens is 416 g/mol. The number of benzene rings is 2. The summed E-state index contributed by atoms with van der Waals surface area (Å²) in [5.74, 6) is -1.40. The van der Waals surface area contributed by atoms with Gasteiger partial charge in [0.25, 0.3) is 0 Å². The van der Waals surface area contributed by atoms with E-state index in [4.69, 9.17) is 11.6 Å². The largest absolute Gasteiger partial charge is 0.322 e. The van der Waals surface area contributed by atoms with Gasteiger partial charge in [-0.15, -0.1) is 5.10 Å². The first-order valence-electron chi connectivity index (χ1n) is 9.27. The Labute approximate surface area is 176 Å². The monoisotopic (exact) mass is 433 g/mol. The van der Waals surface area contributed by atoms with Gasteiger partial charge in [-0.25, -0.2) is 13.6 Å². The van der Waals surface area contributed by atoms with Crippen LogP contribution in [-0.2, 0) is 6.54 Å². The number of hydrogen-bond donors (Lipinski definition) is 1. The molecule has 11 heteroatoms. The van der Waals surface area contributed by atoms with Crippen molar-refractivity contribution in [1.29, 1.82) is 0 Å². The smallest absolute Gasteiger partial charge is 0.321 e. The van der Waals surface area contributed by atoms with E-state index >= 15 is 0 Å². The second kappa shape index (κ2) is 8.72. The molecule has 30 heavy (non-hydrogen) atoms. The molecule has 0 bridgehead atoms. The minimum atomic E-state index is -0.966. The van der Waals surface area contributed by atoms with Crippen molar-refractivity contribution in [2.75, 3.05) is 31.5 Å². The number of anilines is 1. The number of carbonyl (C=O) groups excluding carboxylic acids is 1. The molecule has 1 saturated heterocycles. The number of piperazine rings is 1. The zero-order valence-electron chi connectivity index (χ0n) is 15.8. The molecule has 0 radical (unpaired) electrons. The van der Waals surface area contributed by atoms with E-state index in [9.17, 15) is 13.6 Å². The number of rotatable bonds is 4. The predicted molar refractivity (Wildman–Crippen MR) is 106 cm³/mol. The molecule has 156 valence electrons. The molecule has 1 fully saturated rings. The Morgan fingerprint density at radius 1 is 1.07 bits per heavy atom. The van der Waals surface area contributed by atoms with Gasteiger partial charge in [0.1, 0.15) is 0 Å². The van der Waals surface area contributed by atoms with E-state index in [0.717, 1.165) is 12.1 Å². The van der Waals surface area contributed by atoms with Crippen molar-refractivity contribution in [2.24, 2.45) is 0 Å². The Kier molecular flexibility index (Phi) is 5.86. The molecule has 1 aromatic heterocycles. The highest BCUT2D eigenvalue weighted by Gasteiger charge is 2.23. The zero-order chi connectivity index (χ0) is 21.1. The summed E-state index contributed by atoms with van der Waals surface area (Å²) in [4.78, 5) is 16.3. The molecule has 4 rings (SSSR count). The lowest BCUT2D eigenvalue weighted by Gasteiger charge is -2.34. The summed E-state index contributed by atoms with van der Waals surface area (Å²) in [7, 11) is 0. The lowest BCUT2D eigenvalue weighted by Crippen LogP contribution is -2.49. The molecule has 2 heterocycles. The van der Waals surface area contributed by atoms with E-state index in [2.05, 4.69) is 25.7 Å². The molecular formula is C19H18ClF2N7O. The number of nitrogens with zero attached hydrogens (tertiary/aromatic N) is 6. The van der Waals surface area contributed by atoms with Gasteiger partial charge in [-0.1, -0.05) is 23.7 Å². The number of halogens is 3. The molecule has 1 N–H and O–H groups in total. The highest BCUT2D eigenvalue weighted by Crippen LogP contribution is 2.21. The summed E-state index contributed by atoms with van der Waals surface area (Å²) < 4.78 is 28.1. The van der Waals surface area contributed by atoms with Crippen molar-refractivity contribution in [2.45, 2.75) is 6.54 Å². The van der Waals surface area contributed by atoms with Gasteiger partial charge in [-0.3, -0.25) is 4.90 Å². The summed E-state index contributed by atoms with van der Waals surface area (Å²) >= 11 is 6.09. The average Bonchev–Trinajstić information content (AvgIpc) is 3.20. The molecule has 2 aromatic carbocycles. The lowest BCUT2D eigenvalue weighted by atomic mass is 10.3. The molecule has 2 amide bonds. The van der Waals surface area contributed by atoms with Crippen LogP contribution < -0.4 is 5.32 Å². The second-order valence-electron chi connectivity index (χ2n) is 6.78. The van der Waals surface area contributed by atoms with E-state index in [0.29, 0.717) is 54.9 Å². The number of amides is 2. The molecule has 0 spiro atoms. The number of nitrogens with one attached hydrogen (secondary N) is 1. The standard InChI is InChI=1S/C19H18ClF2N7O/c20-14-3-1-2-4-17(14)23-19(30)28-9-7-27(8-10-28)12-18-24-25-26-29(18)13-5-6-15(21)16(22)11-13/h1-6,11H,7-10,12H2,(H,23,30). The maximum atomic E-state index is 13.5. The third kappa shape index (κ3) is 4.39. The number of hydrogen-bond acceptors (Lipinski definition) is 5. The Morgan fingerprint density at radius 2 is 1.83 bits per heavy atom. The SMILES string of the molecule is O=C(Nc1ccccc1Cl)N1CCN(Cc2nnnn2-c2ccc(F)c(F)c2)CC1. The Balaban J connectivity index is 1.36. The van der Waals surface area contributed by atoms with Crippen LogP contribution in [0.2, 0.25) is 5.02 Å². The summed E-state index contributed by atoms with van der Waals surface area (Å²) in [6.45, 7) is 2.67.